The van der Waals surface area contributed by atoms with Gasteiger partial charge in [-0.2, -0.15) is 0 Å². The first-order valence-corrected chi connectivity index (χ1v) is 8.76. The summed E-state index contributed by atoms with van der Waals surface area (Å²) in [5.41, 5.74) is 0.672. The molecular weight excluding hydrogens is 346 g/mol. The highest BCUT2D eigenvalue weighted by molar-refractivity contribution is 6.31. The van der Waals surface area contributed by atoms with Gasteiger partial charge in [0.15, 0.2) is 6.10 Å². The number of nitrogens with one attached hydrogen (secondary N) is 2. The number of benzene rings is 1. The molecule has 2 amide bonds. The molecule has 2 heterocycles. The SMILES string of the molecule is O=C1CO[C@H](C(=O)NCCN2CCOCC2)[C@@H](c2ccccc2Cl)N1. The second-order valence-electron chi connectivity index (χ2n) is 6.04. The lowest BCUT2D eigenvalue weighted by molar-refractivity contribution is -0.148. The Labute approximate surface area is 151 Å². The molecule has 136 valence electrons. The molecule has 3 rings (SSSR count). The van der Waals surface area contributed by atoms with E-state index in [-0.39, 0.29) is 18.4 Å². The maximum atomic E-state index is 12.6. The second-order valence-corrected chi connectivity index (χ2v) is 6.45. The highest BCUT2D eigenvalue weighted by atomic mass is 35.5. The Morgan fingerprint density at radius 2 is 2.08 bits per heavy atom. The van der Waals surface area contributed by atoms with Crippen molar-refractivity contribution in [1.82, 2.24) is 15.5 Å². The largest absolute Gasteiger partial charge is 0.379 e. The zero-order chi connectivity index (χ0) is 17.6. The summed E-state index contributed by atoms with van der Waals surface area (Å²) in [5, 5.41) is 6.19. The molecule has 0 unspecified atom stereocenters. The average molecular weight is 368 g/mol. The molecule has 0 radical (unpaired) electrons. The smallest absolute Gasteiger partial charge is 0.251 e. The molecule has 2 saturated heterocycles. The van der Waals surface area contributed by atoms with Crippen molar-refractivity contribution in [2.45, 2.75) is 12.1 Å². The van der Waals surface area contributed by atoms with E-state index in [2.05, 4.69) is 15.5 Å². The van der Waals surface area contributed by atoms with Gasteiger partial charge in [-0.1, -0.05) is 29.8 Å². The second kappa shape index (κ2) is 8.62. The molecule has 0 aromatic heterocycles. The fourth-order valence-electron chi connectivity index (χ4n) is 3.01. The number of amides is 2. The number of hydrogen-bond acceptors (Lipinski definition) is 5. The first-order chi connectivity index (χ1) is 12.1. The van der Waals surface area contributed by atoms with E-state index in [9.17, 15) is 9.59 Å². The van der Waals surface area contributed by atoms with Crippen molar-refractivity contribution in [3.63, 3.8) is 0 Å². The van der Waals surface area contributed by atoms with E-state index in [1.165, 1.54) is 0 Å². The third-order valence-electron chi connectivity index (χ3n) is 4.34. The minimum atomic E-state index is -0.803. The van der Waals surface area contributed by atoms with Gasteiger partial charge in [-0.05, 0) is 11.6 Å². The molecule has 8 heteroatoms. The Bertz CT molecular complexity index is 622. The van der Waals surface area contributed by atoms with Crippen molar-refractivity contribution >= 4 is 23.4 Å². The first-order valence-electron chi connectivity index (χ1n) is 8.38. The van der Waals surface area contributed by atoms with Crippen LogP contribution >= 0.6 is 11.6 Å². The van der Waals surface area contributed by atoms with Crippen LogP contribution in [0.3, 0.4) is 0 Å². The Kier molecular flexibility index (Phi) is 6.25. The molecular formula is C17H22ClN3O4. The van der Waals surface area contributed by atoms with Gasteiger partial charge < -0.3 is 20.1 Å². The lowest BCUT2D eigenvalue weighted by atomic mass is 9.99. The molecule has 0 aliphatic carbocycles. The van der Waals surface area contributed by atoms with Gasteiger partial charge in [0.05, 0.1) is 19.3 Å². The zero-order valence-corrected chi connectivity index (χ0v) is 14.6. The predicted octanol–water partition coefficient (Wildman–Crippen LogP) is 0.345. The summed E-state index contributed by atoms with van der Waals surface area (Å²) < 4.78 is 10.8. The number of nitrogens with zero attached hydrogens (tertiary/aromatic N) is 1. The fourth-order valence-corrected chi connectivity index (χ4v) is 3.26. The van der Waals surface area contributed by atoms with Gasteiger partial charge >= 0.3 is 0 Å². The minimum absolute atomic E-state index is 0.136. The zero-order valence-electron chi connectivity index (χ0n) is 13.9. The highest BCUT2D eigenvalue weighted by Crippen LogP contribution is 2.28. The monoisotopic (exact) mass is 367 g/mol. The Morgan fingerprint density at radius 1 is 1.32 bits per heavy atom. The maximum Gasteiger partial charge on any atom is 0.251 e. The average Bonchev–Trinajstić information content (AvgIpc) is 2.63. The highest BCUT2D eigenvalue weighted by Gasteiger charge is 2.36. The molecule has 2 fully saturated rings. The van der Waals surface area contributed by atoms with Crippen LogP contribution in [0.2, 0.25) is 5.02 Å². The van der Waals surface area contributed by atoms with E-state index in [4.69, 9.17) is 21.1 Å². The van der Waals surface area contributed by atoms with Crippen LogP contribution in [0.5, 0.6) is 0 Å². The first kappa shape index (κ1) is 18.1. The summed E-state index contributed by atoms with van der Waals surface area (Å²) in [6.07, 6.45) is -0.803. The molecule has 7 nitrogen and oxygen atoms in total. The number of carbonyl (C=O) groups is 2. The van der Waals surface area contributed by atoms with Crippen LogP contribution in [0, 0.1) is 0 Å². The van der Waals surface area contributed by atoms with E-state index in [1.807, 2.05) is 6.07 Å². The van der Waals surface area contributed by atoms with Crippen LogP contribution in [0.15, 0.2) is 24.3 Å². The van der Waals surface area contributed by atoms with Crippen LogP contribution in [0.4, 0.5) is 0 Å². The third-order valence-corrected chi connectivity index (χ3v) is 4.69. The van der Waals surface area contributed by atoms with Crippen molar-refractivity contribution in [1.29, 1.82) is 0 Å². The van der Waals surface area contributed by atoms with Gasteiger partial charge in [-0.3, -0.25) is 14.5 Å². The van der Waals surface area contributed by atoms with Gasteiger partial charge in [0.2, 0.25) is 5.91 Å². The number of ether oxygens (including phenoxy) is 2. The number of halogens is 1. The third kappa shape index (κ3) is 4.70. The van der Waals surface area contributed by atoms with E-state index in [0.29, 0.717) is 17.1 Å². The van der Waals surface area contributed by atoms with E-state index >= 15 is 0 Å². The topological polar surface area (TPSA) is 79.9 Å². The van der Waals surface area contributed by atoms with E-state index in [1.54, 1.807) is 18.2 Å². The normalized spacial score (nSPS) is 24.6. The maximum absolute atomic E-state index is 12.6. The lowest BCUT2D eigenvalue weighted by Gasteiger charge is -2.32. The van der Waals surface area contributed by atoms with Crippen LogP contribution in [0.1, 0.15) is 11.6 Å². The Morgan fingerprint density at radius 3 is 2.84 bits per heavy atom. The number of morpholine rings is 2. The minimum Gasteiger partial charge on any atom is -0.379 e. The van der Waals surface area contributed by atoms with Crippen molar-refractivity contribution in [2.75, 3.05) is 46.0 Å². The molecule has 2 N–H and O–H groups in total. The van der Waals surface area contributed by atoms with Gasteiger partial charge in [-0.25, -0.2) is 0 Å². The van der Waals surface area contributed by atoms with Gasteiger partial charge in [-0.15, -0.1) is 0 Å². The molecule has 0 spiro atoms. The van der Waals surface area contributed by atoms with Crippen LogP contribution < -0.4 is 10.6 Å². The van der Waals surface area contributed by atoms with Crippen LogP contribution in [-0.4, -0.2) is 68.8 Å². The van der Waals surface area contributed by atoms with Crippen LogP contribution in [-0.2, 0) is 19.1 Å². The fraction of sp³-hybridized carbons (Fsp3) is 0.529. The summed E-state index contributed by atoms with van der Waals surface area (Å²) in [7, 11) is 0. The molecule has 2 atom stereocenters. The molecule has 25 heavy (non-hydrogen) atoms. The quantitative estimate of drug-likeness (QED) is 0.784. The summed E-state index contributed by atoms with van der Waals surface area (Å²) in [6.45, 7) is 4.32. The molecule has 0 saturated carbocycles. The summed E-state index contributed by atoms with van der Waals surface area (Å²) in [6, 6.07) is 6.53. The molecule has 1 aromatic rings. The van der Waals surface area contributed by atoms with Gasteiger partial charge in [0.25, 0.3) is 5.91 Å². The standard InChI is InChI=1S/C17H22ClN3O4/c18-13-4-2-1-3-12(13)15-16(25-11-14(22)20-15)17(23)19-5-6-21-7-9-24-10-8-21/h1-4,15-16H,5-11H2,(H,19,23)(H,20,22)/t15-,16+/m1/s1. The van der Waals surface area contributed by atoms with Crippen LogP contribution in [0.25, 0.3) is 0 Å². The Balaban J connectivity index is 1.60. The molecule has 1 aromatic carbocycles. The molecule has 2 aliphatic rings. The predicted molar refractivity (Wildman–Crippen MR) is 92.3 cm³/mol. The van der Waals surface area contributed by atoms with E-state index in [0.717, 1.165) is 32.8 Å². The molecule has 2 aliphatic heterocycles. The van der Waals surface area contributed by atoms with Gasteiger partial charge in [0, 0.05) is 31.2 Å². The number of rotatable bonds is 5. The van der Waals surface area contributed by atoms with Crippen molar-refractivity contribution < 1.29 is 19.1 Å². The van der Waals surface area contributed by atoms with Crippen molar-refractivity contribution in [2.24, 2.45) is 0 Å². The Hall–Kier alpha value is -1.67. The summed E-state index contributed by atoms with van der Waals surface area (Å²) in [4.78, 5) is 26.5. The number of carbonyl (C=O) groups excluding carboxylic acids is 2. The number of hydrogen-bond donors (Lipinski definition) is 2. The van der Waals surface area contributed by atoms with Gasteiger partial charge in [0.1, 0.15) is 6.61 Å². The lowest BCUT2D eigenvalue weighted by Crippen LogP contribution is -2.53. The molecule has 0 bridgehead atoms. The summed E-state index contributed by atoms with van der Waals surface area (Å²) >= 11 is 6.22. The van der Waals surface area contributed by atoms with Crippen molar-refractivity contribution in [3.05, 3.63) is 34.9 Å². The van der Waals surface area contributed by atoms with E-state index < -0.39 is 12.1 Å². The summed E-state index contributed by atoms with van der Waals surface area (Å²) in [5.74, 6) is -0.513. The van der Waals surface area contributed by atoms with Crippen molar-refractivity contribution in [3.8, 4) is 0 Å².